The second-order valence-corrected chi connectivity index (χ2v) is 6.53. The number of hydrogen-bond acceptors (Lipinski definition) is 4. The molecule has 0 aromatic carbocycles. The Morgan fingerprint density at radius 2 is 2.04 bits per heavy atom. The third-order valence-corrected chi connectivity index (χ3v) is 4.71. The Kier molecular flexibility index (Phi) is 5.16. The lowest BCUT2D eigenvalue weighted by Gasteiger charge is -2.30. The molecule has 1 saturated heterocycles. The van der Waals surface area contributed by atoms with Crippen molar-refractivity contribution in [2.45, 2.75) is 19.8 Å². The van der Waals surface area contributed by atoms with Gasteiger partial charge in [0.05, 0.1) is 6.20 Å². The maximum atomic E-state index is 12.5. The summed E-state index contributed by atoms with van der Waals surface area (Å²) in [6.45, 7) is 6.57. The molecule has 0 unspecified atom stereocenters. The van der Waals surface area contributed by atoms with Crippen LogP contribution in [0.5, 0.6) is 0 Å². The van der Waals surface area contributed by atoms with Gasteiger partial charge >= 0.3 is 0 Å². The van der Waals surface area contributed by atoms with E-state index in [9.17, 15) is 9.59 Å². The molecule has 7 heteroatoms. The fourth-order valence-electron chi connectivity index (χ4n) is 3.22. The molecular weight excluding hydrogens is 330 g/mol. The Labute approximate surface area is 152 Å². The van der Waals surface area contributed by atoms with Crippen LogP contribution < -0.4 is 5.32 Å². The van der Waals surface area contributed by atoms with Crippen LogP contribution in [-0.4, -0.2) is 44.6 Å². The van der Waals surface area contributed by atoms with E-state index < -0.39 is 0 Å². The zero-order chi connectivity index (χ0) is 18.7. The van der Waals surface area contributed by atoms with Crippen LogP contribution in [0, 0.1) is 12.8 Å². The zero-order valence-electron chi connectivity index (χ0n) is 15.1. The normalized spacial score (nSPS) is 14.9. The van der Waals surface area contributed by atoms with Gasteiger partial charge in [0.1, 0.15) is 5.82 Å². The van der Waals surface area contributed by atoms with Gasteiger partial charge in [0.15, 0.2) is 0 Å². The quantitative estimate of drug-likeness (QED) is 0.854. The lowest BCUT2D eigenvalue weighted by atomic mass is 9.96. The van der Waals surface area contributed by atoms with Crippen molar-refractivity contribution in [2.24, 2.45) is 13.0 Å². The number of nitrogens with zero attached hydrogens (tertiary/aromatic N) is 4. The Bertz CT molecular complexity index is 834. The lowest BCUT2D eigenvalue weighted by Crippen LogP contribution is -2.40. The van der Waals surface area contributed by atoms with E-state index in [0.29, 0.717) is 31.7 Å². The molecule has 2 aromatic rings. The molecule has 0 saturated carbocycles. The number of aromatic nitrogens is 3. The molecule has 3 heterocycles. The largest absolute Gasteiger partial charge is 0.339 e. The first-order valence-corrected chi connectivity index (χ1v) is 8.67. The van der Waals surface area contributed by atoms with E-state index >= 15 is 0 Å². The van der Waals surface area contributed by atoms with Crippen molar-refractivity contribution in [1.82, 2.24) is 19.7 Å². The van der Waals surface area contributed by atoms with Gasteiger partial charge in [-0.1, -0.05) is 6.58 Å². The summed E-state index contributed by atoms with van der Waals surface area (Å²) in [5.41, 5.74) is 2.82. The first kappa shape index (κ1) is 17.8. The van der Waals surface area contributed by atoms with Gasteiger partial charge in [0.2, 0.25) is 11.8 Å². The molecule has 0 radical (unpaired) electrons. The minimum absolute atomic E-state index is 0.0447. The maximum Gasteiger partial charge on any atom is 0.245 e. The summed E-state index contributed by atoms with van der Waals surface area (Å²) >= 11 is 0. The number of likely N-dealkylation sites (tertiary alicyclic amines) is 1. The van der Waals surface area contributed by atoms with Gasteiger partial charge in [-0.15, -0.1) is 0 Å². The van der Waals surface area contributed by atoms with Crippen molar-refractivity contribution >= 4 is 17.6 Å². The van der Waals surface area contributed by atoms with Crippen LogP contribution in [0.2, 0.25) is 0 Å². The number of piperidine rings is 1. The second kappa shape index (κ2) is 7.51. The molecule has 2 aromatic heterocycles. The van der Waals surface area contributed by atoms with Crippen molar-refractivity contribution in [3.05, 3.63) is 42.9 Å². The molecule has 1 aliphatic rings. The monoisotopic (exact) mass is 353 g/mol. The van der Waals surface area contributed by atoms with Crippen LogP contribution in [0.4, 0.5) is 5.82 Å². The molecule has 2 amide bonds. The van der Waals surface area contributed by atoms with Gasteiger partial charge in [-0.3, -0.25) is 14.3 Å². The molecule has 1 aliphatic heterocycles. The number of carbonyl (C=O) groups is 2. The zero-order valence-corrected chi connectivity index (χ0v) is 15.1. The van der Waals surface area contributed by atoms with Crippen LogP contribution in [0.1, 0.15) is 18.5 Å². The maximum absolute atomic E-state index is 12.5. The van der Waals surface area contributed by atoms with Gasteiger partial charge in [-0.05, 0) is 38.0 Å². The highest BCUT2D eigenvalue weighted by Crippen LogP contribution is 2.24. The van der Waals surface area contributed by atoms with E-state index in [1.54, 1.807) is 15.8 Å². The van der Waals surface area contributed by atoms with E-state index in [0.717, 1.165) is 16.8 Å². The van der Waals surface area contributed by atoms with Crippen molar-refractivity contribution < 1.29 is 9.59 Å². The van der Waals surface area contributed by atoms with Crippen molar-refractivity contribution in [3.63, 3.8) is 0 Å². The van der Waals surface area contributed by atoms with Crippen LogP contribution in [0.25, 0.3) is 11.1 Å². The molecule has 3 rings (SSSR count). The summed E-state index contributed by atoms with van der Waals surface area (Å²) in [5, 5.41) is 7.08. The third-order valence-electron chi connectivity index (χ3n) is 4.71. The number of pyridine rings is 1. The van der Waals surface area contributed by atoms with Crippen LogP contribution in [-0.2, 0) is 16.6 Å². The van der Waals surface area contributed by atoms with Crippen LogP contribution >= 0.6 is 0 Å². The Balaban J connectivity index is 1.62. The van der Waals surface area contributed by atoms with Crippen LogP contribution in [0.15, 0.2) is 37.2 Å². The molecule has 26 heavy (non-hydrogen) atoms. The predicted octanol–water partition coefficient (Wildman–Crippen LogP) is 2.15. The molecule has 0 spiro atoms. The lowest BCUT2D eigenvalue weighted by molar-refractivity contribution is -0.130. The van der Waals surface area contributed by atoms with Crippen LogP contribution in [0.3, 0.4) is 0 Å². The Morgan fingerprint density at radius 3 is 2.62 bits per heavy atom. The fourth-order valence-corrected chi connectivity index (χ4v) is 3.22. The van der Waals surface area contributed by atoms with Crippen molar-refractivity contribution in [2.75, 3.05) is 18.4 Å². The summed E-state index contributed by atoms with van der Waals surface area (Å²) in [6, 6.07) is 3.75. The standard InChI is InChI=1S/C19H23N5O2/c1-4-18(25)24-9-7-14(8-10-24)19(26)22-17-6-5-16(13(2)21-17)15-11-20-23(3)12-15/h4-6,11-12,14H,1,7-10H2,2-3H3,(H,21,22,26). The number of anilines is 1. The molecule has 136 valence electrons. The molecule has 1 N–H and O–H groups in total. The molecule has 0 bridgehead atoms. The summed E-state index contributed by atoms with van der Waals surface area (Å²) in [5.74, 6) is 0.317. The van der Waals surface area contributed by atoms with Gasteiger partial charge in [-0.2, -0.15) is 5.10 Å². The van der Waals surface area contributed by atoms with Crippen molar-refractivity contribution in [1.29, 1.82) is 0 Å². The van der Waals surface area contributed by atoms with E-state index in [2.05, 4.69) is 22.0 Å². The second-order valence-electron chi connectivity index (χ2n) is 6.53. The minimum Gasteiger partial charge on any atom is -0.339 e. The van der Waals surface area contributed by atoms with Gasteiger partial charge in [0, 0.05) is 49.1 Å². The number of aryl methyl sites for hydroxylation is 2. The average molecular weight is 353 g/mol. The van der Waals surface area contributed by atoms with Gasteiger partial charge in [0.25, 0.3) is 0 Å². The molecular formula is C19H23N5O2. The molecule has 1 fully saturated rings. The molecule has 0 atom stereocenters. The van der Waals surface area contributed by atoms with E-state index in [-0.39, 0.29) is 17.7 Å². The number of amides is 2. The molecule has 0 aliphatic carbocycles. The highest BCUT2D eigenvalue weighted by Gasteiger charge is 2.26. The summed E-state index contributed by atoms with van der Waals surface area (Å²) in [4.78, 5) is 30.3. The van der Waals surface area contributed by atoms with Crippen molar-refractivity contribution in [3.8, 4) is 11.1 Å². The van der Waals surface area contributed by atoms with Gasteiger partial charge < -0.3 is 10.2 Å². The average Bonchev–Trinajstić information content (AvgIpc) is 3.07. The fraction of sp³-hybridized carbons (Fsp3) is 0.368. The van der Waals surface area contributed by atoms with E-state index in [1.807, 2.05) is 32.3 Å². The SMILES string of the molecule is C=CC(=O)N1CCC(C(=O)Nc2ccc(-c3cnn(C)c3)c(C)n2)CC1. The summed E-state index contributed by atoms with van der Waals surface area (Å²) in [7, 11) is 1.87. The van der Waals surface area contributed by atoms with Gasteiger partial charge in [-0.25, -0.2) is 4.98 Å². The highest BCUT2D eigenvalue weighted by molar-refractivity contribution is 5.92. The Morgan fingerprint density at radius 1 is 1.31 bits per heavy atom. The first-order valence-electron chi connectivity index (χ1n) is 8.67. The summed E-state index contributed by atoms with van der Waals surface area (Å²) in [6.07, 6.45) is 6.34. The van der Waals surface area contributed by atoms with E-state index in [1.165, 1.54) is 6.08 Å². The number of hydrogen-bond donors (Lipinski definition) is 1. The minimum atomic E-state index is -0.107. The highest BCUT2D eigenvalue weighted by atomic mass is 16.2. The topological polar surface area (TPSA) is 80.1 Å². The number of rotatable bonds is 4. The Hall–Kier alpha value is -2.96. The number of nitrogens with one attached hydrogen (secondary N) is 1. The van der Waals surface area contributed by atoms with E-state index in [4.69, 9.17) is 0 Å². The number of carbonyl (C=O) groups excluding carboxylic acids is 2. The third kappa shape index (κ3) is 3.82. The summed E-state index contributed by atoms with van der Waals surface area (Å²) < 4.78 is 1.74. The first-order chi connectivity index (χ1) is 12.5. The predicted molar refractivity (Wildman–Crippen MR) is 99.3 cm³/mol. The smallest absolute Gasteiger partial charge is 0.245 e. The molecule has 7 nitrogen and oxygen atoms in total.